The molecule has 0 saturated heterocycles. The maximum atomic E-state index is 11.8. The van der Waals surface area contributed by atoms with Crippen LogP contribution in [0.1, 0.15) is 38.4 Å². The summed E-state index contributed by atoms with van der Waals surface area (Å²) in [6, 6.07) is 6.94. The highest BCUT2D eigenvalue weighted by Gasteiger charge is 2.36. The average Bonchev–Trinajstić information content (AvgIpc) is 3.17. The Bertz CT molecular complexity index is 801. The number of nitrogens with one attached hydrogen (secondary N) is 1. The largest absolute Gasteiger partial charge is 0.334 e. The summed E-state index contributed by atoms with van der Waals surface area (Å²) in [5, 5.41) is 4.02. The van der Waals surface area contributed by atoms with Crippen LogP contribution >= 0.6 is 12.4 Å². The van der Waals surface area contributed by atoms with Crippen molar-refractivity contribution in [1.29, 1.82) is 0 Å². The van der Waals surface area contributed by atoms with Crippen LogP contribution in [-0.4, -0.2) is 24.3 Å². The fourth-order valence-corrected chi connectivity index (χ4v) is 3.42. The van der Waals surface area contributed by atoms with Gasteiger partial charge in [0.25, 0.3) is 5.89 Å². The molecule has 1 aromatic heterocycles. The van der Waals surface area contributed by atoms with Gasteiger partial charge in [0.15, 0.2) is 5.82 Å². The summed E-state index contributed by atoms with van der Waals surface area (Å²) in [5.41, 5.74) is 6.76. The Morgan fingerprint density at radius 2 is 1.96 bits per heavy atom. The molecule has 0 aliphatic heterocycles. The van der Waals surface area contributed by atoms with Gasteiger partial charge in [0.2, 0.25) is 10.0 Å². The van der Waals surface area contributed by atoms with Crippen LogP contribution in [0.3, 0.4) is 0 Å². The second-order valence-electron chi connectivity index (χ2n) is 5.84. The minimum atomic E-state index is -3.39. The van der Waals surface area contributed by atoms with E-state index in [1.807, 2.05) is 0 Å². The van der Waals surface area contributed by atoms with E-state index in [1.165, 1.54) is 0 Å². The zero-order valence-corrected chi connectivity index (χ0v) is 15.0. The highest BCUT2D eigenvalue weighted by Crippen LogP contribution is 2.36. The van der Waals surface area contributed by atoms with Crippen LogP contribution < -0.4 is 10.5 Å². The number of halogens is 1. The number of hydrogen-bond acceptors (Lipinski definition) is 6. The van der Waals surface area contributed by atoms with Crippen molar-refractivity contribution in [2.24, 2.45) is 5.73 Å². The second kappa shape index (κ2) is 7.08. The van der Waals surface area contributed by atoms with E-state index in [0.29, 0.717) is 17.1 Å². The molecule has 3 N–H and O–H groups in total. The molecule has 0 radical (unpaired) electrons. The third-order valence-electron chi connectivity index (χ3n) is 4.17. The third-order valence-corrected chi connectivity index (χ3v) is 5.46. The van der Waals surface area contributed by atoms with E-state index in [4.69, 9.17) is 10.3 Å². The minimum absolute atomic E-state index is 0. The van der Waals surface area contributed by atoms with Crippen LogP contribution in [0.15, 0.2) is 28.8 Å². The van der Waals surface area contributed by atoms with E-state index < -0.39 is 15.6 Å². The molecule has 1 heterocycles. The van der Waals surface area contributed by atoms with Gasteiger partial charge < -0.3 is 10.3 Å². The van der Waals surface area contributed by atoms with Gasteiger partial charge in [-0.15, -0.1) is 12.4 Å². The summed E-state index contributed by atoms with van der Waals surface area (Å²) in [7, 11) is -3.39. The number of para-hydroxylation sites is 1. The average molecular weight is 373 g/mol. The number of aromatic nitrogens is 2. The lowest BCUT2D eigenvalue weighted by Crippen LogP contribution is -2.34. The normalized spacial score (nSPS) is 16.6. The molecule has 132 valence electrons. The first-order chi connectivity index (χ1) is 10.9. The Hall–Kier alpha value is -1.64. The van der Waals surface area contributed by atoms with Gasteiger partial charge >= 0.3 is 0 Å². The van der Waals surface area contributed by atoms with Crippen molar-refractivity contribution in [3.63, 3.8) is 0 Å². The van der Waals surface area contributed by atoms with E-state index in [1.54, 1.807) is 31.2 Å². The topological polar surface area (TPSA) is 111 Å². The SMILES string of the molecule is CCS(=O)(=O)Nc1ccccc1-c1nc(C2(N)CCCC2)no1.Cl. The summed E-state index contributed by atoms with van der Waals surface area (Å²) in [4.78, 5) is 4.41. The number of sulfonamides is 1. The van der Waals surface area contributed by atoms with Gasteiger partial charge in [-0.05, 0) is 31.9 Å². The lowest BCUT2D eigenvalue weighted by molar-refractivity contribution is 0.373. The molecule has 3 rings (SSSR count). The lowest BCUT2D eigenvalue weighted by atomic mass is 9.98. The van der Waals surface area contributed by atoms with Gasteiger partial charge in [0.1, 0.15) is 0 Å². The van der Waals surface area contributed by atoms with Crippen molar-refractivity contribution in [2.45, 2.75) is 38.1 Å². The van der Waals surface area contributed by atoms with Gasteiger partial charge in [0.05, 0.1) is 22.5 Å². The molecule has 1 aliphatic rings. The predicted molar refractivity (Wildman–Crippen MR) is 94.4 cm³/mol. The van der Waals surface area contributed by atoms with Gasteiger partial charge in [-0.3, -0.25) is 4.72 Å². The van der Waals surface area contributed by atoms with E-state index in [2.05, 4.69) is 14.9 Å². The monoisotopic (exact) mass is 372 g/mol. The first-order valence-corrected chi connectivity index (χ1v) is 9.32. The van der Waals surface area contributed by atoms with E-state index in [9.17, 15) is 8.42 Å². The molecular weight excluding hydrogens is 352 g/mol. The van der Waals surface area contributed by atoms with E-state index >= 15 is 0 Å². The fourth-order valence-electron chi connectivity index (χ4n) is 2.76. The predicted octanol–water partition coefficient (Wildman–Crippen LogP) is 2.65. The van der Waals surface area contributed by atoms with Crippen molar-refractivity contribution >= 4 is 28.1 Å². The Kier molecular flexibility index (Phi) is 5.52. The van der Waals surface area contributed by atoms with Crippen LogP contribution in [0.2, 0.25) is 0 Å². The molecule has 0 bridgehead atoms. The molecule has 24 heavy (non-hydrogen) atoms. The molecule has 1 saturated carbocycles. The first-order valence-electron chi connectivity index (χ1n) is 7.66. The Morgan fingerprint density at radius 3 is 2.62 bits per heavy atom. The van der Waals surface area contributed by atoms with Crippen molar-refractivity contribution in [3.8, 4) is 11.5 Å². The van der Waals surface area contributed by atoms with E-state index in [-0.39, 0.29) is 24.1 Å². The smallest absolute Gasteiger partial charge is 0.260 e. The van der Waals surface area contributed by atoms with Crippen LogP contribution in [0, 0.1) is 0 Å². The third kappa shape index (κ3) is 3.71. The van der Waals surface area contributed by atoms with Crippen LogP contribution in [0.5, 0.6) is 0 Å². The Labute approximate surface area is 147 Å². The molecular formula is C15H21ClN4O3S. The molecule has 1 aromatic carbocycles. The van der Waals surface area contributed by atoms with Gasteiger partial charge in [-0.2, -0.15) is 4.98 Å². The lowest BCUT2D eigenvalue weighted by Gasteiger charge is -2.17. The number of rotatable bonds is 5. The molecule has 1 fully saturated rings. The Morgan fingerprint density at radius 1 is 1.29 bits per heavy atom. The first kappa shape index (κ1) is 18.7. The van der Waals surface area contributed by atoms with Gasteiger partial charge in [-0.1, -0.05) is 30.1 Å². The molecule has 2 aromatic rings. The minimum Gasteiger partial charge on any atom is -0.334 e. The van der Waals surface area contributed by atoms with Gasteiger partial charge in [0, 0.05) is 0 Å². The molecule has 9 heteroatoms. The van der Waals surface area contributed by atoms with Crippen molar-refractivity contribution < 1.29 is 12.9 Å². The molecule has 0 spiro atoms. The standard InChI is InChI=1S/C15H20N4O3S.ClH/c1-2-23(20,21)19-12-8-4-3-7-11(12)13-17-14(18-22-13)15(16)9-5-6-10-15;/h3-4,7-8,19H,2,5-6,9-10,16H2,1H3;1H. The second-order valence-corrected chi connectivity index (χ2v) is 7.85. The van der Waals surface area contributed by atoms with Crippen LogP contribution in [-0.2, 0) is 15.6 Å². The molecule has 0 amide bonds. The summed E-state index contributed by atoms with van der Waals surface area (Å²) in [6.45, 7) is 1.58. The number of benzene rings is 1. The quantitative estimate of drug-likeness (QED) is 0.834. The zero-order valence-electron chi connectivity index (χ0n) is 13.4. The number of anilines is 1. The summed E-state index contributed by atoms with van der Waals surface area (Å²) in [6.07, 6.45) is 3.76. The summed E-state index contributed by atoms with van der Waals surface area (Å²) >= 11 is 0. The van der Waals surface area contributed by atoms with Crippen molar-refractivity contribution in [3.05, 3.63) is 30.1 Å². The van der Waals surface area contributed by atoms with Crippen LogP contribution in [0.25, 0.3) is 11.5 Å². The van der Waals surface area contributed by atoms with Gasteiger partial charge in [-0.25, -0.2) is 8.42 Å². The fraction of sp³-hybridized carbons (Fsp3) is 0.467. The molecule has 7 nitrogen and oxygen atoms in total. The molecule has 1 aliphatic carbocycles. The number of hydrogen-bond donors (Lipinski definition) is 2. The summed E-state index contributed by atoms with van der Waals surface area (Å²) in [5.74, 6) is 0.742. The van der Waals surface area contributed by atoms with Crippen molar-refractivity contribution in [1.82, 2.24) is 10.1 Å². The van der Waals surface area contributed by atoms with E-state index in [0.717, 1.165) is 25.7 Å². The molecule has 0 atom stereocenters. The number of nitrogens with two attached hydrogens (primary N) is 1. The Balaban J connectivity index is 0.00000208. The highest BCUT2D eigenvalue weighted by atomic mass is 35.5. The highest BCUT2D eigenvalue weighted by molar-refractivity contribution is 7.92. The zero-order chi connectivity index (χ0) is 16.5. The van der Waals surface area contributed by atoms with Crippen LogP contribution in [0.4, 0.5) is 5.69 Å². The molecule has 0 unspecified atom stereocenters. The number of nitrogens with zero attached hydrogens (tertiary/aromatic N) is 2. The maximum absolute atomic E-state index is 11.8. The maximum Gasteiger partial charge on any atom is 0.260 e. The van der Waals surface area contributed by atoms with Crippen molar-refractivity contribution in [2.75, 3.05) is 10.5 Å². The summed E-state index contributed by atoms with van der Waals surface area (Å²) < 4.78 is 31.5.